The zero-order valence-electron chi connectivity index (χ0n) is 21.1. The Morgan fingerprint density at radius 1 is 0.848 bits per heavy atom. The first-order valence-electron chi connectivity index (χ1n) is 12.0. The summed E-state index contributed by atoms with van der Waals surface area (Å²) in [5.41, 5.74) is 10.3. The van der Waals surface area contributed by atoms with Crippen LogP contribution in [0.3, 0.4) is 0 Å². The maximum absolute atomic E-state index is 6.53. The molecule has 0 spiro atoms. The number of rotatable bonds is 3. The number of hydrogen-bond acceptors (Lipinski definition) is 1. The monoisotopic (exact) mass is 452 g/mol. The van der Waals surface area contributed by atoms with Gasteiger partial charge in [0.1, 0.15) is 18.2 Å². The van der Waals surface area contributed by atoms with Gasteiger partial charge in [-0.25, -0.2) is 0 Å². The summed E-state index contributed by atoms with van der Waals surface area (Å²) >= 11 is 0. The van der Waals surface area contributed by atoms with Crippen LogP contribution in [0.2, 0.25) is 18.6 Å². The molecule has 0 saturated carbocycles. The molecule has 2 heterocycles. The molecule has 0 unspecified atom stereocenters. The van der Waals surface area contributed by atoms with E-state index in [-0.39, 0.29) is 0 Å². The number of benzene rings is 3. The summed E-state index contributed by atoms with van der Waals surface area (Å²) in [6, 6.07) is 20.1. The molecule has 5 rings (SSSR count). The fourth-order valence-electron chi connectivity index (χ4n) is 5.08. The van der Waals surface area contributed by atoms with E-state index in [1.165, 1.54) is 54.8 Å². The maximum Gasteiger partial charge on any atom is 0.216 e. The molecule has 5 aromatic rings. The van der Waals surface area contributed by atoms with Gasteiger partial charge in [0.05, 0.1) is 13.6 Å². The Labute approximate surface area is 197 Å². The lowest BCUT2D eigenvalue weighted by molar-refractivity contribution is -0.633. The summed E-state index contributed by atoms with van der Waals surface area (Å²) in [6.45, 7) is 16.5. The third-order valence-corrected chi connectivity index (χ3v) is 12.7. The highest BCUT2D eigenvalue weighted by Crippen LogP contribution is 2.39. The molecular formula is C30H34NOSi+. The number of pyridine rings is 1. The molecule has 0 saturated heterocycles. The van der Waals surface area contributed by atoms with Crippen molar-refractivity contribution in [3.8, 4) is 11.3 Å². The first kappa shape index (κ1) is 21.9. The standard InChI is InChI=1S/C30H34NOSi/c1-18(2)33(7,8)28-17-26(31(6)25-14-13-19(3)15-24(25)28)29-21(5)20(4)16-23-22-11-9-10-12-27(22)32-30(23)29/h9-18H,1-8H3/q+1. The maximum atomic E-state index is 6.53. The van der Waals surface area contributed by atoms with Gasteiger partial charge in [-0.15, -0.1) is 0 Å². The van der Waals surface area contributed by atoms with E-state index in [0.717, 1.165) is 11.2 Å². The first-order chi connectivity index (χ1) is 15.6. The average molecular weight is 453 g/mol. The lowest BCUT2D eigenvalue weighted by Gasteiger charge is -2.29. The third kappa shape index (κ3) is 3.25. The molecule has 0 atom stereocenters. The number of hydrogen-bond donors (Lipinski definition) is 0. The number of aromatic nitrogens is 1. The second-order valence-corrected chi connectivity index (χ2v) is 15.7. The van der Waals surface area contributed by atoms with Gasteiger partial charge in [0.15, 0.2) is 0 Å². The van der Waals surface area contributed by atoms with Gasteiger partial charge in [-0.05, 0) is 60.8 Å². The van der Waals surface area contributed by atoms with Gasteiger partial charge < -0.3 is 4.42 Å². The smallest absolute Gasteiger partial charge is 0.216 e. The molecule has 2 nitrogen and oxygen atoms in total. The topological polar surface area (TPSA) is 17.0 Å². The fourth-order valence-corrected chi connectivity index (χ4v) is 7.10. The summed E-state index contributed by atoms with van der Waals surface area (Å²) in [7, 11) is 0.500. The summed E-state index contributed by atoms with van der Waals surface area (Å²) in [4.78, 5) is 0. The van der Waals surface area contributed by atoms with Crippen molar-refractivity contribution in [3.63, 3.8) is 0 Å². The van der Waals surface area contributed by atoms with E-state index in [4.69, 9.17) is 4.42 Å². The summed E-state index contributed by atoms with van der Waals surface area (Å²) in [5.74, 6) is 0. The fraction of sp³-hybridized carbons (Fsp3) is 0.300. The van der Waals surface area contributed by atoms with E-state index in [2.05, 4.69) is 114 Å². The van der Waals surface area contributed by atoms with Gasteiger partial charge in [-0.1, -0.05) is 56.8 Å². The van der Waals surface area contributed by atoms with E-state index < -0.39 is 8.07 Å². The van der Waals surface area contributed by atoms with Crippen LogP contribution in [0.15, 0.2) is 59.0 Å². The van der Waals surface area contributed by atoms with Crippen LogP contribution in [0.4, 0.5) is 0 Å². The minimum Gasteiger partial charge on any atom is -0.455 e. The normalized spacial score (nSPS) is 12.5. The van der Waals surface area contributed by atoms with E-state index in [1.54, 1.807) is 0 Å². The Kier molecular flexibility index (Phi) is 5.02. The molecule has 3 heteroatoms. The molecule has 0 fully saturated rings. The van der Waals surface area contributed by atoms with Crippen molar-refractivity contribution < 1.29 is 8.98 Å². The largest absolute Gasteiger partial charge is 0.455 e. The van der Waals surface area contributed by atoms with E-state index in [1.807, 2.05) is 0 Å². The van der Waals surface area contributed by atoms with Crippen LogP contribution in [0, 0.1) is 20.8 Å². The number of nitrogens with zero attached hydrogens (tertiary/aromatic N) is 1. The molecular weight excluding hydrogens is 418 g/mol. The van der Waals surface area contributed by atoms with E-state index >= 15 is 0 Å². The predicted octanol–water partition coefficient (Wildman–Crippen LogP) is 7.48. The van der Waals surface area contributed by atoms with Crippen LogP contribution in [-0.2, 0) is 7.05 Å². The molecule has 33 heavy (non-hydrogen) atoms. The summed E-state index contributed by atoms with van der Waals surface area (Å²) in [6.07, 6.45) is 0. The minimum absolute atomic E-state index is 0.645. The van der Waals surface area contributed by atoms with Crippen molar-refractivity contribution in [1.82, 2.24) is 0 Å². The summed E-state index contributed by atoms with van der Waals surface area (Å²) < 4.78 is 8.90. The Morgan fingerprint density at radius 3 is 2.30 bits per heavy atom. The van der Waals surface area contributed by atoms with Crippen molar-refractivity contribution >= 4 is 46.1 Å². The molecule has 0 N–H and O–H groups in total. The Balaban J connectivity index is 1.97. The molecule has 0 aliphatic heterocycles. The molecule has 0 amide bonds. The van der Waals surface area contributed by atoms with Gasteiger partial charge in [0, 0.05) is 28.3 Å². The molecule has 0 radical (unpaired) electrons. The van der Waals surface area contributed by atoms with Gasteiger partial charge in [-0.2, -0.15) is 4.57 Å². The molecule has 0 bridgehead atoms. The number of furan rings is 1. The lowest BCUT2D eigenvalue weighted by Crippen LogP contribution is -2.47. The molecule has 0 aliphatic rings. The minimum atomic E-state index is -1.71. The van der Waals surface area contributed by atoms with Crippen LogP contribution in [-0.4, -0.2) is 8.07 Å². The van der Waals surface area contributed by atoms with Crippen molar-refractivity contribution in [3.05, 3.63) is 71.3 Å². The molecule has 0 aliphatic carbocycles. The lowest BCUT2D eigenvalue weighted by atomic mass is 9.95. The highest BCUT2D eigenvalue weighted by Gasteiger charge is 2.34. The Morgan fingerprint density at radius 2 is 1.58 bits per heavy atom. The third-order valence-electron chi connectivity index (χ3n) is 8.03. The van der Waals surface area contributed by atoms with Gasteiger partial charge in [0.25, 0.3) is 0 Å². The SMILES string of the molecule is Cc1ccc2c(c1)c([Si](C)(C)C(C)C)cc(-c1c(C)c(C)cc3c1oc1ccccc13)[n+]2C. The van der Waals surface area contributed by atoms with Crippen LogP contribution in [0.1, 0.15) is 30.5 Å². The molecule has 168 valence electrons. The second kappa shape index (κ2) is 7.56. The summed E-state index contributed by atoms with van der Waals surface area (Å²) in [5, 5.41) is 5.33. The first-order valence-corrected chi connectivity index (χ1v) is 15.0. The van der Waals surface area contributed by atoms with E-state index in [0.29, 0.717) is 5.54 Å². The highest BCUT2D eigenvalue weighted by molar-refractivity contribution is 6.92. The second-order valence-electron chi connectivity index (χ2n) is 10.6. The van der Waals surface area contributed by atoms with Crippen molar-refractivity contribution in [2.75, 3.05) is 0 Å². The van der Waals surface area contributed by atoms with Gasteiger partial charge in [0.2, 0.25) is 11.2 Å². The predicted molar refractivity (Wildman–Crippen MR) is 144 cm³/mol. The van der Waals surface area contributed by atoms with Crippen molar-refractivity contribution in [2.45, 2.75) is 53.3 Å². The van der Waals surface area contributed by atoms with Crippen molar-refractivity contribution in [1.29, 1.82) is 0 Å². The number of para-hydroxylation sites is 1. The zero-order valence-corrected chi connectivity index (χ0v) is 22.1. The van der Waals surface area contributed by atoms with E-state index in [9.17, 15) is 0 Å². The average Bonchev–Trinajstić information content (AvgIpc) is 3.13. The van der Waals surface area contributed by atoms with Crippen molar-refractivity contribution in [2.24, 2.45) is 7.05 Å². The highest BCUT2D eigenvalue weighted by atomic mass is 28.3. The quantitative estimate of drug-likeness (QED) is 0.205. The zero-order chi connectivity index (χ0) is 23.7. The van der Waals surface area contributed by atoms with Gasteiger partial charge >= 0.3 is 0 Å². The molecule has 3 aromatic carbocycles. The number of fused-ring (bicyclic) bond motifs is 4. The van der Waals surface area contributed by atoms with Crippen LogP contribution < -0.4 is 9.75 Å². The number of aryl methyl sites for hydroxylation is 3. The Bertz CT molecular complexity index is 1560. The van der Waals surface area contributed by atoms with Gasteiger partial charge in [-0.3, -0.25) is 0 Å². The van der Waals surface area contributed by atoms with Crippen LogP contribution >= 0.6 is 0 Å². The van der Waals surface area contributed by atoms with Crippen LogP contribution in [0.25, 0.3) is 44.1 Å². The Hall–Kier alpha value is -2.91. The van der Waals surface area contributed by atoms with Crippen LogP contribution in [0.5, 0.6) is 0 Å². The molecule has 2 aromatic heterocycles.